The van der Waals surface area contributed by atoms with E-state index in [-0.39, 0.29) is 17.4 Å². The number of carboxylic acids is 1. The minimum Gasteiger partial charge on any atom is -0.507 e. The molecule has 0 aromatic heterocycles. The third kappa shape index (κ3) is 2.61. The quantitative estimate of drug-likeness (QED) is 0.785. The molecule has 17 heavy (non-hydrogen) atoms. The van der Waals surface area contributed by atoms with Gasteiger partial charge in [-0.3, -0.25) is 0 Å². The number of rotatable bonds is 2. The lowest BCUT2D eigenvalue weighted by Gasteiger charge is -2.25. The Kier molecular flexibility index (Phi) is 3.69. The number of carbonyl (C=O) groups is 1. The summed E-state index contributed by atoms with van der Waals surface area (Å²) < 4.78 is 0.676. The molecule has 3 N–H and O–H groups in total. The molecule has 4 nitrogen and oxygen atoms in total. The second-order valence-corrected chi connectivity index (χ2v) is 5.11. The molecule has 92 valence electrons. The van der Waals surface area contributed by atoms with E-state index in [1.807, 2.05) is 0 Å². The van der Waals surface area contributed by atoms with E-state index < -0.39 is 5.97 Å². The van der Waals surface area contributed by atoms with Crippen LogP contribution in [0.4, 0.5) is 0 Å². The first-order chi connectivity index (χ1) is 8.09. The van der Waals surface area contributed by atoms with Gasteiger partial charge in [-0.05, 0) is 31.5 Å². The molecule has 1 saturated heterocycles. The molecule has 0 aliphatic carbocycles. The van der Waals surface area contributed by atoms with Crippen LogP contribution >= 0.6 is 15.9 Å². The number of carboxylic acid groups (broad SMARTS) is 1. The van der Waals surface area contributed by atoms with Gasteiger partial charge in [-0.15, -0.1) is 0 Å². The van der Waals surface area contributed by atoms with Gasteiger partial charge in [0.25, 0.3) is 0 Å². The fourth-order valence-corrected chi connectivity index (χ4v) is 2.64. The van der Waals surface area contributed by atoms with E-state index in [9.17, 15) is 9.90 Å². The van der Waals surface area contributed by atoms with Crippen molar-refractivity contribution in [3.63, 3.8) is 0 Å². The van der Waals surface area contributed by atoms with Crippen LogP contribution < -0.4 is 5.32 Å². The maximum absolute atomic E-state index is 11.0. The van der Waals surface area contributed by atoms with Crippen LogP contribution in [-0.2, 0) is 0 Å². The van der Waals surface area contributed by atoms with Gasteiger partial charge in [0.2, 0.25) is 0 Å². The van der Waals surface area contributed by atoms with E-state index in [2.05, 4.69) is 21.2 Å². The lowest BCUT2D eigenvalue weighted by molar-refractivity contribution is 0.0693. The second kappa shape index (κ2) is 5.06. The van der Waals surface area contributed by atoms with Crippen molar-refractivity contribution in [2.45, 2.75) is 25.3 Å². The first-order valence-electron chi connectivity index (χ1n) is 5.58. The van der Waals surface area contributed by atoms with Crippen LogP contribution in [0.15, 0.2) is 16.6 Å². The molecule has 1 aliphatic rings. The van der Waals surface area contributed by atoms with Gasteiger partial charge in [0.05, 0.1) is 0 Å². The minimum atomic E-state index is -1.11. The molecule has 1 aromatic carbocycles. The van der Waals surface area contributed by atoms with E-state index in [0.29, 0.717) is 10.0 Å². The Morgan fingerprint density at radius 1 is 1.41 bits per heavy atom. The van der Waals surface area contributed by atoms with E-state index in [1.54, 1.807) is 6.07 Å². The van der Waals surface area contributed by atoms with Crippen molar-refractivity contribution in [1.82, 2.24) is 5.32 Å². The Bertz CT molecular complexity index is 442. The predicted molar refractivity (Wildman–Crippen MR) is 67.4 cm³/mol. The zero-order chi connectivity index (χ0) is 12.4. The molecule has 1 aromatic rings. The molecule has 5 heteroatoms. The normalized spacial score (nSPS) is 20.2. The number of hydrogen-bond acceptors (Lipinski definition) is 3. The summed E-state index contributed by atoms with van der Waals surface area (Å²) >= 11 is 3.28. The van der Waals surface area contributed by atoms with Gasteiger partial charge >= 0.3 is 5.97 Å². The Morgan fingerprint density at radius 2 is 2.18 bits per heavy atom. The number of halogens is 1. The van der Waals surface area contributed by atoms with Gasteiger partial charge in [-0.1, -0.05) is 22.4 Å². The zero-order valence-corrected chi connectivity index (χ0v) is 10.8. The second-order valence-electron chi connectivity index (χ2n) is 4.20. The van der Waals surface area contributed by atoms with Crippen LogP contribution in [0.3, 0.4) is 0 Å². The summed E-state index contributed by atoms with van der Waals surface area (Å²) in [4.78, 5) is 11.0. The number of phenols is 1. The Hall–Kier alpha value is -1.07. The van der Waals surface area contributed by atoms with E-state index in [1.165, 1.54) is 6.07 Å². The van der Waals surface area contributed by atoms with Crippen molar-refractivity contribution < 1.29 is 15.0 Å². The molecule has 0 spiro atoms. The third-order valence-corrected chi connectivity index (χ3v) is 3.48. The highest BCUT2D eigenvalue weighted by Gasteiger charge is 2.22. The highest BCUT2D eigenvalue weighted by molar-refractivity contribution is 9.10. The van der Waals surface area contributed by atoms with Crippen LogP contribution in [0.5, 0.6) is 5.75 Å². The molecule has 0 saturated carbocycles. The van der Waals surface area contributed by atoms with Crippen LogP contribution in [0.25, 0.3) is 0 Å². The monoisotopic (exact) mass is 299 g/mol. The highest BCUT2D eigenvalue weighted by atomic mass is 79.9. The fourth-order valence-electron chi connectivity index (χ4n) is 2.17. The summed E-state index contributed by atoms with van der Waals surface area (Å²) in [6, 6.07) is 3.24. The first kappa shape index (κ1) is 12.4. The maximum Gasteiger partial charge on any atom is 0.339 e. The van der Waals surface area contributed by atoms with Gasteiger partial charge in [0.15, 0.2) is 0 Å². The van der Waals surface area contributed by atoms with Gasteiger partial charge in [-0.25, -0.2) is 4.79 Å². The zero-order valence-electron chi connectivity index (χ0n) is 9.24. The predicted octanol–water partition coefficient (Wildman–Crippen LogP) is 2.67. The molecular weight excluding hydrogens is 286 g/mol. The number of aromatic hydroxyl groups is 1. The van der Waals surface area contributed by atoms with Crippen LogP contribution in [0.2, 0.25) is 0 Å². The van der Waals surface area contributed by atoms with Gasteiger partial charge in [0.1, 0.15) is 11.3 Å². The molecule has 0 radical (unpaired) electrons. The van der Waals surface area contributed by atoms with E-state index in [4.69, 9.17) is 5.11 Å². The van der Waals surface area contributed by atoms with Gasteiger partial charge < -0.3 is 15.5 Å². The Labute approximate surface area is 108 Å². The van der Waals surface area contributed by atoms with Gasteiger partial charge in [-0.2, -0.15) is 0 Å². The maximum atomic E-state index is 11.0. The summed E-state index contributed by atoms with van der Waals surface area (Å²) in [7, 11) is 0. The number of piperidine rings is 1. The molecular formula is C12H14BrNO3. The molecule has 1 atom stereocenters. The molecule has 1 heterocycles. The van der Waals surface area contributed by atoms with Crippen molar-refractivity contribution in [3.8, 4) is 5.75 Å². The van der Waals surface area contributed by atoms with Crippen LogP contribution in [0, 0.1) is 0 Å². The largest absolute Gasteiger partial charge is 0.507 e. The average Bonchev–Trinajstić information content (AvgIpc) is 2.32. The van der Waals surface area contributed by atoms with Crippen molar-refractivity contribution in [2.24, 2.45) is 0 Å². The van der Waals surface area contributed by atoms with Crippen molar-refractivity contribution in [3.05, 3.63) is 27.7 Å². The van der Waals surface area contributed by atoms with Crippen molar-refractivity contribution >= 4 is 21.9 Å². The van der Waals surface area contributed by atoms with Crippen LogP contribution in [0.1, 0.15) is 41.2 Å². The highest BCUT2D eigenvalue weighted by Crippen LogP contribution is 2.35. The van der Waals surface area contributed by atoms with Crippen molar-refractivity contribution in [2.75, 3.05) is 6.54 Å². The van der Waals surface area contributed by atoms with E-state index >= 15 is 0 Å². The fraction of sp³-hybridized carbons (Fsp3) is 0.417. The average molecular weight is 300 g/mol. The lowest BCUT2D eigenvalue weighted by Crippen LogP contribution is -2.27. The molecule has 1 fully saturated rings. The molecule has 0 unspecified atom stereocenters. The number of hydrogen-bond donors (Lipinski definition) is 3. The molecule has 2 rings (SSSR count). The SMILES string of the molecule is O=C(O)c1cc(Br)cc([C@@H]2CCCCN2)c1O. The van der Waals surface area contributed by atoms with Gasteiger partial charge in [0, 0.05) is 16.1 Å². The third-order valence-electron chi connectivity index (χ3n) is 3.02. The standard InChI is InChI=1S/C12H14BrNO3/c13-7-5-8(10-3-1-2-4-14-10)11(15)9(6-7)12(16)17/h5-6,10,14-15H,1-4H2,(H,16,17)/t10-/m0/s1. The molecule has 0 bridgehead atoms. The first-order valence-corrected chi connectivity index (χ1v) is 6.38. The Morgan fingerprint density at radius 3 is 2.76 bits per heavy atom. The van der Waals surface area contributed by atoms with E-state index in [0.717, 1.165) is 25.8 Å². The smallest absolute Gasteiger partial charge is 0.339 e. The summed E-state index contributed by atoms with van der Waals surface area (Å²) in [5.41, 5.74) is 0.609. The number of aromatic carboxylic acids is 1. The summed E-state index contributed by atoms with van der Waals surface area (Å²) in [6.45, 7) is 0.902. The summed E-state index contributed by atoms with van der Waals surface area (Å²) in [5.74, 6) is -1.24. The molecule has 1 aliphatic heterocycles. The van der Waals surface area contributed by atoms with Crippen LogP contribution in [-0.4, -0.2) is 22.7 Å². The minimum absolute atomic E-state index is 0.0411. The van der Waals surface area contributed by atoms with Crippen molar-refractivity contribution in [1.29, 1.82) is 0 Å². The number of nitrogens with one attached hydrogen (secondary N) is 1. The lowest BCUT2D eigenvalue weighted by atomic mass is 9.95. The summed E-state index contributed by atoms with van der Waals surface area (Å²) in [6.07, 6.45) is 3.13. The Balaban J connectivity index is 2.41. The number of benzene rings is 1. The summed E-state index contributed by atoms with van der Waals surface area (Å²) in [5, 5.41) is 22.3. The topological polar surface area (TPSA) is 69.6 Å². The molecule has 0 amide bonds.